The monoisotopic (exact) mass is 441 g/mol. The van der Waals surface area contributed by atoms with Crippen LogP contribution in [0.3, 0.4) is 0 Å². The van der Waals surface area contributed by atoms with Crippen molar-refractivity contribution in [2.24, 2.45) is 35.5 Å². The number of rotatable bonds is 5. The first kappa shape index (κ1) is 21.4. The third-order valence-electron chi connectivity index (χ3n) is 8.97. The first-order valence-corrected chi connectivity index (χ1v) is 13.1. The summed E-state index contributed by atoms with van der Waals surface area (Å²) < 4.78 is 5.03. The van der Waals surface area contributed by atoms with E-state index in [4.69, 9.17) is 4.74 Å². The van der Waals surface area contributed by atoms with Crippen LogP contribution in [0.25, 0.3) is 0 Å². The van der Waals surface area contributed by atoms with Crippen molar-refractivity contribution >= 4 is 23.6 Å². The number of esters is 1. The molecule has 4 fully saturated rings. The van der Waals surface area contributed by atoms with Gasteiger partial charge in [0, 0.05) is 22.1 Å². The van der Waals surface area contributed by atoms with Gasteiger partial charge in [0.05, 0.1) is 7.11 Å². The van der Waals surface area contributed by atoms with Crippen LogP contribution in [-0.2, 0) is 14.3 Å². The standard InChI is InChI=1S/C26H35NO3S/c1-4-14(2)15-8-10-16(11-9-15)31-20-13-12-18-21-17(20)6-5-7-19(21)24-22(18)23(25(28)27-24)26(29)30-3/h8-11,14,17-24H,4-7,12-13H2,1-3H3,(H,27,28). The summed E-state index contributed by atoms with van der Waals surface area (Å²) in [7, 11) is 1.41. The predicted octanol–water partition coefficient (Wildman–Crippen LogP) is 5.02. The van der Waals surface area contributed by atoms with Gasteiger partial charge in [-0.25, -0.2) is 0 Å². The molecule has 1 N–H and O–H groups in total. The van der Waals surface area contributed by atoms with E-state index in [0.717, 1.165) is 6.42 Å². The number of carbonyl (C=O) groups is 2. The predicted molar refractivity (Wildman–Crippen MR) is 123 cm³/mol. The number of carbonyl (C=O) groups excluding carboxylic acids is 2. The number of hydrogen-bond acceptors (Lipinski definition) is 4. The molecule has 3 saturated carbocycles. The zero-order valence-electron chi connectivity index (χ0n) is 18.9. The summed E-state index contributed by atoms with van der Waals surface area (Å²) in [5, 5.41) is 3.88. The lowest BCUT2D eigenvalue weighted by Crippen LogP contribution is -2.44. The molecule has 168 valence electrons. The van der Waals surface area contributed by atoms with Gasteiger partial charge in [-0.2, -0.15) is 0 Å². The van der Waals surface area contributed by atoms with E-state index in [1.165, 1.54) is 49.7 Å². The highest BCUT2D eigenvalue weighted by Crippen LogP contribution is 2.62. The number of benzene rings is 1. The van der Waals surface area contributed by atoms with Crippen molar-refractivity contribution in [2.45, 2.75) is 74.5 Å². The lowest BCUT2D eigenvalue weighted by molar-refractivity contribution is -0.151. The first-order chi connectivity index (χ1) is 15.0. The summed E-state index contributed by atoms with van der Waals surface area (Å²) >= 11 is 2.07. The second-order valence-electron chi connectivity index (χ2n) is 10.2. The molecule has 1 aromatic rings. The Morgan fingerprint density at radius 3 is 2.55 bits per heavy atom. The fourth-order valence-corrected chi connectivity index (χ4v) is 8.84. The molecule has 5 rings (SSSR count). The minimum absolute atomic E-state index is 0.0969. The topological polar surface area (TPSA) is 55.4 Å². The molecule has 1 heterocycles. The summed E-state index contributed by atoms with van der Waals surface area (Å²) in [6.07, 6.45) is 7.20. The molecular formula is C26H35NO3S. The van der Waals surface area contributed by atoms with E-state index in [-0.39, 0.29) is 23.8 Å². The van der Waals surface area contributed by atoms with E-state index >= 15 is 0 Å². The molecule has 4 nitrogen and oxygen atoms in total. The number of methoxy groups -OCH3 is 1. The first-order valence-electron chi connectivity index (χ1n) is 12.2. The smallest absolute Gasteiger partial charge is 0.318 e. The van der Waals surface area contributed by atoms with Gasteiger partial charge in [-0.15, -0.1) is 11.8 Å². The fraction of sp³-hybridized carbons (Fsp3) is 0.692. The third-order valence-corrected chi connectivity index (χ3v) is 10.4. The van der Waals surface area contributed by atoms with Crippen molar-refractivity contribution in [1.29, 1.82) is 0 Å². The maximum absolute atomic E-state index is 12.6. The SMILES string of the molecule is CCC(C)c1ccc(SC2CCC3C4C2CCCC4C2NC(=O)C(C(=O)OC)C32)cc1. The summed E-state index contributed by atoms with van der Waals surface area (Å²) in [6, 6.07) is 9.42. The van der Waals surface area contributed by atoms with E-state index in [9.17, 15) is 9.59 Å². The molecule has 0 spiro atoms. The van der Waals surface area contributed by atoms with Crippen molar-refractivity contribution in [3.05, 3.63) is 29.8 Å². The highest BCUT2D eigenvalue weighted by molar-refractivity contribution is 8.00. The van der Waals surface area contributed by atoms with Crippen LogP contribution in [0, 0.1) is 35.5 Å². The Balaban J connectivity index is 1.35. The molecule has 3 aliphatic carbocycles. The lowest BCUT2D eigenvalue weighted by Gasteiger charge is -2.46. The van der Waals surface area contributed by atoms with Gasteiger partial charge in [0.15, 0.2) is 0 Å². The molecule has 0 radical (unpaired) electrons. The molecule has 1 aliphatic heterocycles. The molecular weight excluding hydrogens is 406 g/mol. The van der Waals surface area contributed by atoms with Gasteiger partial charge in [-0.05, 0) is 79.4 Å². The Bertz CT molecular complexity index is 840. The van der Waals surface area contributed by atoms with E-state index in [0.29, 0.717) is 34.8 Å². The van der Waals surface area contributed by atoms with Crippen molar-refractivity contribution < 1.29 is 14.3 Å². The number of fused-ring (bicyclic) bond motifs is 3. The van der Waals surface area contributed by atoms with Crippen LogP contribution < -0.4 is 5.32 Å². The molecule has 1 amide bonds. The number of nitrogens with one attached hydrogen (secondary N) is 1. The maximum Gasteiger partial charge on any atom is 0.318 e. The zero-order chi connectivity index (χ0) is 21.7. The van der Waals surface area contributed by atoms with Gasteiger partial charge >= 0.3 is 5.97 Å². The van der Waals surface area contributed by atoms with Gasteiger partial charge in [0.2, 0.25) is 5.91 Å². The summed E-state index contributed by atoms with van der Waals surface area (Å²) in [5.41, 5.74) is 1.43. The zero-order valence-corrected chi connectivity index (χ0v) is 19.7. The van der Waals surface area contributed by atoms with E-state index < -0.39 is 5.92 Å². The molecule has 0 aromatic heterocycles. The van der Waals surface area contributed by atoms with Crippen LogP contribution in [-0.4, -0.2) is 30.3 Å². The number of hydrogen-bond donors (Lipinski definition) is 1. The Kier molecular flexibility index (Phi) is 5.83. The quantitative estimate of drug-likeness (QED) is 0.515. The molecule has 5 heteroatoms. The minimum Gasteiger partial charge on any atom is -0.468 e. The fourth-order valence-electron chi connectivity index (χ4n) is 7.45. The summed E-state index contributed by atoms with van der Waals surface area (Å²) in [6.45, 7) is 4.54. The van der Waals surface area contributed by atoms with Gasteiger partial charge in [-0.3, -0.25) is 9.59 Å². The van der Waals surface area contributed by atoms with E-state index in [2.05, 4.69) is 55.2 Å². The molecule has 31 heavy (non-hydrogen) atoms. The summed E-state index contributed by atoms with van der Waals surface area (Å²) in [4.78, 5) is 26.4. The third kappa shape index (κ3) is 3.51. The number of thioether (sulfide) groups is 1. The normalized spacial score (nSPS) is 39.4. The van der Waals surface area contributed by atoms with Crippen LogP contribution in [0.2, 0.25) is 0 Å². The Morgan fingerprint density at radius 2 is 1.84 bits per heavy atom. The molecule has 1 saturated heterocycles. The van der Waals surface area contributed by atoms with Crippen LogP contribution in [0.15, 0.2) is 29.2 Å². The van der Waals surface area contributed by atoms with Crippen LogP contribution in [0.4, 0.5) is 0 Å². The highest BCUT2D eigenvalue weighted by atomic mass is 32.2. The number of amides is 1. The van der Waals surface area contributed by atoms with Gasteiger partial charge < -0.3 is 10.1 Å². The second-order valence-corrected chi connectivity index (χ2v) is 11.5. The van der Waals surface area contributed by atoms with Crippen molar-refractivity contribution in [2.75, 3.05) is 7.11 Å². The molecule has 0 bridgehead atoms. The number of ether oxygens (including phenoxy) is 1. The molecule has 9 atom stereocenters. The van der Waals surface area contributed by atoms with Crippen LogP contribution >= 0.6 is 11.8 Å². The Morgan fingerprint density at radius 1 is 1.10 bits per heavy atom. The maximum atomic E-state index is 12.6. The van der Waals surface area contributed by atoms with Gasteiger partial charge in [-0.1, -0.05) is 32.4 Å². The molecule has 4 aliphatic rings. The van der Waals surface area contributed by atoms with Crippen molar-refractivity contribution in [1.82, 2.24) is 5.32 Å². The average molecular weight is 442 g/mol. The van der Waals surface area contributed by atoms with E-state index in [1.54, 1.807) is 0 Å². The van der Waals surface area contributed by atoms with Crippen LogP contribution in [0.5, 0.6) is 0 Å². The van der Waals surface area contributed by atoms with Gasteiger partial charge in [0.25, 0.3) is 0 Å². The second kappa shape index (κ2) is 8.46. The minimum atomic E-state index is -0.594. The Hall–Kier alpha value is -1.49. The summed E-state index contributed by atoms with van der Waals surface area (Å²) in [5.74, 6) is 2.07. The van der Waals surface area contributed by atoms with Crippen molar-refractivity contribution in [3.63, 3.8) is 0 Å². The van der Waals surface area contributed by atoms with E-state index in [1.807, 2.05) is 0 Å². The molecule has 9 unspecified atom stereocenters. The van der Waals surface area contributed by atoms with Crippen molar-refractivity contribution in [3.8, 4) is 0 Å². The van der Waals surface area contributed by atoms with Gasteiger partial charge in [0.1, 0.15) is 5.92 Å². The average Bonchev–Trinajstić information content (AvgIpc) is 3.29. The lowest BCUT2D eigenvalue weighted by atomic mass is 9.63. The largest absolute Gasteiger partial charge is 0.468 e. The van der Waals surface area contributed by atoms with Crippen LogP contribution in [0.1, 0.15) is 63.9 Å². The Labute approximate surface area is 190 Å². The highest BCUT2D eigenvalue weighted by Gasteiger charge is 2.64. The molecule has 1 aromatic carbocycles.